The van der Waals surface area contributed by atoms with Crippen LogP contribution in [0.15, 0.2) is 54.6 Å². The van der Waals surface area contributed by atoms with Crippen LogP contribution in [-0.4, -0.2) is 30.1 Å². The minimum atomic E-state index is -0.533. The van der Waals surface area contributed by atoms with Crippen LogP contribution < -0.4 is 25.8 Å². The van der Waals surface area contributed by atoms with Gasteiger partial charge < -0.3 is 20.5 Å². The zero-order chi connectivity index (χ0) is 23.8. The number of rotatable bonds is 9. The molecule has 7 nitrogen and oxygen atoms in total. The van der Waals surface area contributed by atoms with E-state index in [1.807, 2.05) is 44.2 Å². The molecule has 0 fully saturated rings. The lowest BCUT2D eigenvalue weighted by atomic mass is 10.1. The Labute approximate surface area is 201 Å². The largest absolute Gasteiger partial charge is 0.490 e. The first kappa shape index (κ1) is 24.2. The molecule has 172 valence electrons. The molecule has 0 atom stereocenters. The van der Waals surface area contributed by atoms with Gasteiger partial charge in [-0.3, -0.25) is 14.9 Å². The molecule has 33 heavy (non-hydrogen) atoms. The molecule has 0 bridgehead atoms. The van der Waals surface area contributed by atoms with Gasteiger partial charge in [-0.05, 0) is 61.5 Å². The van der Waals surface area contributed by atoms with E-state index in [0.29, 0.717) is 41.5 Å². The monoisotopic (exact) mass is 483 g/mol. The Kier molecular flexibility index (Phi) is 8.39. The van der Waals surface area contributed by atoms with Crippen LogP contribution in [0.1, 0.15) is 38.1 Å². The van der Waals surface area contributed by atoms with Gasteiger partial charge >= 0.3 is 0 Å². The van der Waals surface area contributed by atoms with E-state index >= 15 is 0 Å². The first-order chi connectivity index (χ1) is 15.9. The second kappa shape index (κ2) is 11.4. The summed E-state index contributed by atoms with van der Waals surface area (Å²) in [4.78, 5) is 25.5. The summed E-state index contributed by atoms with van der Waals surface area (Å²) in [5.74, 6) is 0.370. The zero-order valence-electron chi connectivity index (χ0n) is 18.3. The Morgan fingerprint density at radius 1 is 1.03 bits per heavy atom. The van der Waals surface area contributed by atoms with E-state index in [9.17, 15) is 9.59 Å². The highest BCUT2D eigenvalue weighted by Crippen LogP contribution is 2.33. The van der Waals surface area contributed by atoms with Gasteiger partial charge in [-0.15, -0.1) is 11.3 Å². The van der Waals surface area contributed by atoms with Gasteiger partial charge in [-0.2, -0.15) is 0 Å². The molecule has 0 aliphatic carbocycles. The average molecular weight is 484 g/mol. The van der Waals surface area contributed by atoms with Crippen LogP contribution in [0.5, 0.6) is 11.5 Å². The summed E-state index contributed by atoms with van der Waals surface area (Å²) in [6.07, 6.45) is 0.671. The van der Waals surface area contributed by atoms with E-state index in [0.717, 1.165) is 16.2 Å². The van der Waals surface area contributed by atoms with Gasteiger partial charge in [-0.1, -0.05) is 31.2 Å². The topological polar surface area (TPSA) is 103 Å². The molecule has 0 aliphatic heterocycles. The Hall–Kier alpha value is -3.43. The van der Waals surface area contributed by atoms with Crippen LogP contribution in [0.3, 0.4) is 0 Å². The SMILES string of the molecule is CCc1c(C)sc(NC(=S)NC(=O)c2cccc(OCCOc3ccccc3)c2)c1C(N)=O. The van der Waals surface area contributed by atoms with Gasteiger partial charge in [0.05, 0.1) is 5.56 Å². The van der Waals surface area contributed by atoms with Crippen molar-refractivity contribution in [1.29, 1.82) is 0 Å². The maximum absolute atomic E-state index is 12.7. The average Bonchev–Trinajstić information content (AvgIpc) is 3.12. The maximum Gasteiger partial charge on any atom is 0.257 e. The number of carbonyl (C=O) groups is 2. The van der Waals surface area contributed by atoms with Crippen molar-refractivity contribution in [2.75, 3.05) is 18.5 Å². The molecule has 0 spiro atoms. The minimum Gasteiger partial charge on any atom is -0.490 e. The van der Waals surface area contributed by atoms with E-state index in [1.54, 1.807) is 24.3 Å². The van der Waals surface area contributed by atoms with Crippen LogP contribution in [0.2, 0.25) is 0 Å². The zero-order valence-corrected chi connectivity index (χ0v) is 20.0. The first-order valence-corrected chi connectivity index (χ1v) is 11.6. The number of hydrogen-bond acceptors (Lipinski definition) is 6. The predicted molar refractivity (Wildman–Crippen MR) is 135 cm³/mol. The predicted octanol–water partition coefficient (Wildman–Crippen LogP) is 4.30. The van der Waals surface area contributed by atoms with Crippen molar-refractivity contribution in [2.45, 2.75) is 20.3 Å². The number of nitrogens with one attached hydrogen (secondary N) is 2. The third-order valence-corrected chi connectivity index (χ3v) is 5.99. The second-order valence-corrected chi connectivity index (χ2v) is 8.64. The third-order valence-electron chi connectivity index (χ3n) is 4.72. The van der Waals surface area contributed by atoms with Crippen LogP contribution in [0.25, 0.3) is 0 Å². The number of thiocarbonyl (C=S) groups is 1. The van der Waals surface area contributed by atoms with Gasteiger partial charge in [0.25, 0.3) is 11.8 Å². The lowest BCUT2D eigenvalue weighted by Gasteiger charge is -2.11. The highest BCUT2D eigenvalue weighted by atomic mass is 32.1. The van der Waals surface area contributed by atoms with Crippen molar-refractivity contribution >= 4 is 45.5 Å². The Bertz CT molecular complexity index is 1150. The highest BCUT2D eigenvalue weighted by Gasteiger charge is 2.20. The normalized spacial score (nSPS) is 10.4. The van der Waals surface area contributed by atoms with Crippen molar-refractivity contribution in [1.82, 2.24) is 5.32 Å². The number of benzene rings is 2. The van der Waals surface area contributed by atoms with Crippen molar-refractivity contribution in [3.8, 4) is 11.5 Å². The van der Waals surface area contributed by atoms with E-state index < -0.39 is 11.8 Å². The molecule has 9 heteroatoms. The molecule has 0 saturated heterocycles. The van der Waals surface area contributed by atoms with Crippen LogP contribution >= 0.6 is 23.6 Å². The Morgan fingerprint density at radius 3 is 2.36 bits per heavy atom. The smallest absolute Gasteiger partial charge is 0.257 e. The Morgan fingerprint density at radius 2 is 1.70 bits per heavy atom. The minimum absolute atomic E-state index is 0.0778. The Balaban J connectivity index is 1.56. The summed E-state index contributed by atoms with van der Waals surface area (Å²) in [5, 5.41) is 6.16. The number of para-hydroxylation sites is 1. The molecule has 1 heterocycles. The number of nitrogens with two attached hydrogens (primary N) is 1. The molecule has 0 saturated carbocycles. The first-order valence-electron chi connectivity index (χ1n) is 10.3. The lowest BCUT2D eigenvalue weighted by Crippen LogP contribution is -2.34. The van der Waals surface area contributed by atoms with Gasteiger partial charge in [0.15, 0.2) is 5.11 Å². The summed E-state index contributed by atoms with van der Waals surface area (Å²) >= 11 is 6.65. The number of primary amides is 1. The van der Waals surface area contributed by atoms with E-state index in [1.165, 1.54) is 11.3 Å². The highest BCUT2D eigenvalue weighted by molar-refractivity contribution is 7.80. The van der Waals surface area contributed by atoms with Crippen LogP contribution in [0, 0.1) is 6.92 Å². The molecule has 3 rings (SSSR count). The number of amides is 2. The van der Waals surface area contributed by atoms with Crippen molar-refractivity contribution in [3.63, 3.8) is 0 Å². The van der Waals surface area contributed by atoms with Crippen LogP contribution in [0.4, 0.5) is 5.00 Å². The van der Waals surface area contributed by atoms with Crippen molar-refractivity contribution < 1.29 is 19.1 Å². The molecule has 0 aliphatic rings. The summed E-state index contributed by atoms with van der Waals surface area (Å²) in [7, 11) is 0. The van der Waals surface area contributed by atoms with E-state index in [2.05, 4.69) is 10.6 Å². The number of thiophene rings is 1. The van der Waals surface area contributed by atoms with Gasteiger partial charge in [0.2, 0.25) is 0 Å². The molecule has 2 aromatic carbocycles. The molecule has 4 N–H and O–H groups in total. The fourth-order valence-corrected chi connectivity index (χ4v) is 4.64. The van der Waals surface area contributed by atoms with Gasteiger partial charge in [-0.25, -0.2) is 0 Å². The molecule has 1 aromatic heterocycles. The van der Waals surface area contributed by atoms with Crippen LogP contribution in [-0.2, 0) is 6.42 Å². The summed E-state index contributed by atoms with van der Waals surface area (Å²) in [5.41, 5.74) is 7.22. The number of hydrogen-bond donors (Lipinski definition) is 3. The van der Waals surface area contributed by atoms with Gasteiger partial charge in [0, 0.05) is 10.4 Å². The number of anilines is 1. The molecular weight excluding hydrogens is 458 g/mol. The molecule has 0 radical (unpaired) electrons. The number of ether oxygens (including phenoxy) is 2. The fraction of sp³-hybridized carbons (Fsp3) is 0.208. The number of carbonyl (C=O) groups excluding carboxylic acids is 2. The van der Waals surface area contributed by atoms with Crippen molar-refractivity contribution in [3.05, 3.63) is 76.2 Å². The summed E-state index contributed by atoms with van der Waals surface area (Å²) in [6, 6.07) is 16.2. The molecule has 2 amide bonds. The van der Waals surface area contributed by atoms with E-state index in [-0.39, 0.29) is 5.11 Å². The quantitative estimate of drug-likeness (QED) is 0.310. The third kappa shape index (κ3) is 6.53. The second-order valence-electron chi connectivity index (χ2n) is 7.00. The summed E-state index contributed by atoms with van der Waals surface area (Å²) < 4.78 is 11.3. The molecular formula is C24H25N3O4S2. The van der Waals surface area contributed by atoms with E-state index in [4.69, 9.17) is 27.4 Å². The maximum atomic E-state index is 12.7. The fourth-order valence-electron chi connectivity index (χ4n) is 3.23. The molecule has 3 aromatic rings. The van der Waals surface area contributed by atoms with Crippen molar-refractivity contribution in [2.24, 2.45) is 5.73 Å². The van der Waals surface area contributed by atoms with Gasteiger partial charge in [0.1, 0.15) is 29.7 Å². The number of aryl methyl sites for hydroxylation is 1. The standard InChI is InChI=1S/C24H25N3O4S2/c1-3-19-15(2)33-23(20(19)21(25)28)27-24(32)26-22(29)16-8-7-11-18(14-16)31-13-12-30-17-9-5-4-6-10-17/h4-11,14H,3,12-13H2,1-2H3,(H2,25,28)(H2,26,27,29,32). The molecule has 0 unspecified atom stereocenters. The lowest BCUT2D eigenvalue weighted by molar-refractivity contribution is 0.0975. The summed E-state index contributed by atoms with van der Waals surface area (Å²) in [6.45, 7) is 4.57.